The van der Waals surface area contributed by atoms with Crippen molar-refractivity contribution in [3.8, 4) is 5.75 Å². The number of carbonyl (C=O) groups is 1. The number of rotatable bonds is 7. The molecule has 0 aliphatic carbocycles. The van der Waals surface area contributed by atoms with E-state index in [1.807, 2.05) is 0 Å². The van der Waals surface area contributed by atoms with Crippen molar-refractivity contribution in [2.45, 2.75) is 17.7 Å². The number of thiophene rings is 1. The van der Waals surface area contributed by atoms with Crippen LogP contribution in [-0.2, 0) is 14.8 Å². The Hall–Kier alpha value is -1.97. The maximum absolute atomic E-state index is 12.8. The van der Waals surface area contributed by atoms with Crippen LogP contribution in [0, 0.1) is 5.82 Å². The third kappa shape index (κ3) is 4.22. The van der Waals surface area contributed by atoms with E-state index in [1.54, 1.807) is 5.38 Å². The molecule has 0 N–H and O–H groups in total. The number of halogens is 1. The molecular formula is C17H18FNO5S2. The Morgan fingerprint density at radius 3 is 2.50 bits per heavy atom. The third-order valence-corrected chi connectivity index (χ3v) is 6.86. The van der Waals surface area contributed by atoms with Crippen LogP contribution in [0.5, 0.6) is 5.75 Å². The minimum Gasteiger partial charge on any atom is -0.490 e. The molecule has 0 bridgehead atoms. The first-order valence-corrected chi connectivity index (χ1v) is 10.4. The molecule has 1 fully saturated rings. The zero-order chi connectivity index (χ0) is 18.6. The zero-order valence-electron chi connectivity index (χ0n) is 13.9. The van der Waals surface area contributed by atoms with Gasteiger partial charge < -0.3 is 9.47 Å². The number of esters is 1. The summed E-state index contributed by atoms with van der Waals surface area (Å²) in [5.41, 5.74) is 0. The molecule has 9 heteroatoms. The highest BCUT2D eigenvalue weighted by Gasteiger charge is 2.32. The molecule has 0 amide bonds. The number of ether oxygens (including phenoxy) is 2. The summed E-state index contributed by atoms with van der Waals surface area (Å²) in [5, 5.41) is 1.56. The molecular weight excluding hydrogens is 381 g/mol. The van der Waals surface area contributed by atoms with E-state index in [1.165, 1.54) is 34.6 Å². The van der Waals surface area contributed by atoms with Crippen LogP contribution in [0.15, 0.2) is 40.6 Å². The van der Waals surface area contributed by atoms with Crippen molar-refractivity contribution in [1.82, 2.24) is 4.31 Å². The summed E-state index contributed by atoms with van der Waals surface area (Å²) < 4.78 is 49.9. The van der Waals surface area contributed by atoms with Gasteiger partial charge in [-0.05, 0) is 48.6 Å². The maximum atomic E-state index is 12.8. The number of carbonyl (C=O) groups excluding carboxylic acids is 1. The van der Waals surface area contributed by atoms with Crippen molar-refractivity contribution in [3.63, 3.8) is 0 Å². The third-order valence-electron chi connectivity index (χ3n) is 3.90. The van der Waals surface area contributed by atoms with Gasteiger partial charge in [-0.25, -0.2) is 17.6 Å². The summed E-state index contributed by atoms with van der Waals surface area (Å²) in [6.07, 6.45) is 1.65. The summed E-state index contributed by atoms with van der Waals surface area (Å²) >= 11 is 1.04. The highest BCUT2D eigenvalue weighted by molar-refractivity contribution is 7.89. The molecule has 1 aliphatic heterocycles. The molecule has 1 aromatic carbocycles. The van der Waals surface area contributed by atoms with Gasteiger partial charge in [-0.15, -0.1) is 11.3 Å². The van der Waals surface area contributed by atoms with Crippen LogP contribution in [0.25, 0.3) is 0 Å². The van der Waals surface area contributed by atoms with E-state index in [0.717, 1.165) is 24.2 Å². The molecule has 1 aliphatic rings. The zero-order valence-corrected chi connectivity index (χ0v) is 15.5. The summed E-state index contributed by atoms with van der Waals surface area (Å²) in [6.45, 7) is 0.977. The van der Waals surface area contributed by atoms with Crippen molar-refractivity contribution in [3.05, 3.63) is 46.4 Å². The lowest BCUT2D eigenvalue weighted by Gasteiger charge is -2.15. The molecule has 140 valence electrons. The van der Waals surface area contributed by atoms with Gasteiger partial charge in [-0.2, -0.15) is 4.31 Å². The van der Waals surface area contributed by atoms with Gasteiger partial charge in [0, 0.05) is 13.1 Å². The van der Waals surface area contributed by atoms with E-state index in [2.05, 4.69) is 0 Å². The molecule has 0 spiro atoms. The van der Waals surface area contributed by atoms with Crippen molar-refractivity contribution >= 4 is 27.3 Å². The molecule has 26 heavy (non-hydrogen) atoms. The maximum Gasteiger partial charge on any atom is 0.349 e. The Kier molecular flexibility index (Phi) is 5.90. The molecule has 6 nitrogen and oxygen atoms in total. The molecule has 0 atom stereocenters. The van der Waals surface area contributed by atoms with Crippen molar-refractivity contribution in [2.24, 2.45) is 0 Å². The second kappa shape index (κ2) is 8.15. The second-order valence-electron chi connectivity index (χ2n) is 5.66. The summed E-state index contributed by atoms with van der Waals surface area (Å²) in [7, 11) is -3.67. The van der Waals surface area contributed by atoms with Gasteiger partial charge in [-0.1, -0.05) is 0 Å². The summed E-state index contributed by atoms with van der Waals surface area (Å²) in [5.74, 6) is -0.607. The normalized spacial score (nSPS) is 15.1. The molecule has 0 unspecified atom stereocenters. The fourth-order valence-corrected chi connectivity index (χ4v) is 5.41. The van der Waals surface area contributed by atoms with Gasteiger partial charge in [0.2, 0.25) is 10.0 Å². The van der Waals surface area contributed by atoms with Crippen LogP contribution in [0.4, 0.5) is 4.39 Å². The Bertz CT molecular complexity index is 858. The first kappa shape index (κ1) is 18.8. The van der Waals surface area contributed by atoms with Gasteiger partial charge in [-0.3, -0.25) is 0 Å². The number of benzene rings is 1. The van der Waals surface area contributed by atoms with E-state index in [-0.39, 0.29) is 28.8 Å². The fraction of sp³-hybridized carbons (Fsp3) is 0.353. The minimum atomic E-state index is -3.67. The van der Waals surface area contributed by atoms with Crippen LogP contribution in [0.1, 0.15) is 22.5 Å². The van der Waals surface area contributed by atoms with Crippen LogP contribution in [-0.4, -0.2) is 45.0 Å². The van der Waals surface area contributed by atoms with E-state index in [9.17, 15) is 17.6 Å². The standard InChI is InChI=1S/C17H18FNO5S2/c18-13-3-5-14(6-4-13)23-10-11-24-17(20)16-15(7-12-25-16)26(21,22)19-8-1-2-9-19/h3-7,12H,1-2,8-11H2. The molecule has 2 aromatic rings. The molecule has 3 rings (SSSR count). The average Bonchev–Trinajstić information content (AvgIpc) is 3.31. The predicted octanol–water partition coefficient (Wildman–Crippen LogP) is 2.91. The topological polar surface area (TPSA) is 72.9 Å². The number of nitrogens with zero attached hydrogens (tertiary/aromatic N) is 1. The van der Waals surface area contributed by atoms with Crippen molar-refractivity contribution < 1.29 is 27.1 Å². The number of hydrogen-bond acceptors (Lipinski definition) is 6. The first-order valence-electron chi connectivity index (χ1n) is 8.11. The monoisotopic (exact) mass is 399 g/mol. The molecule has 0 radical (unpaired) electrons. The lowest BCUT2D eigenvalue weighted by atomic mass is 10.3. The van der Waals surface area contributed by atoms with Gasteiger partial charge in [0.05, 0.1) is 0 Å². The van der Waals surface area contributed by atoms with Crippen LogP contribution in [0.3, 0.4) is 0 Å². The minimum absolute atomic E-state index is 0.00569. The van der Waals surface area contributed by atoms with Gasteiger partial charge >= 0.3 is 5.97 Å². The predicted molar refractivity (Wildman–Crippen MR) is 94.5 cm³/mol. The van der Waals surface area contributed by atoms with Gasteiger partial charge in [0.25, 0.3) is 0 Å². The SMILES string of the molecule is O=C(OCCOc1ccc(F)cc1)c1sccc1S(=O)(=O)N1CCCC1. The molecule has 2 heterocycles. The van der Waals surface area contributed by atoms with E-state index in [4.69, 9.17) is 9.47 Å². The molecule has 1 aromatic heterocycles. The summed E-state index contributed by atoms with van der Waals surface area (Å²) in [6, 6.07) is 6.91. The Labute approximate surface area is 155 Å². The highest BCUT2D eigenvalue weighted by atomic mass is 32.2. The summed E-state index contributed by atoms with van der Waals surface area (Å²) in [4.78, 5) is 12.3. The Morgan fingerprint density at radius 1 is 1.12 bits per heavy atom. The van der Waals surface area contributed by atoms with Crippen LogP contribution < -0.4 is 4.74 Å². The van der Waals surface area contributed by atoms with E-state index >= 15 is 0 Å². The van der Waals surface area contributed by atoms with Gasteiger partial charge in [0.1, 0.15) is 34.6 Å². The van der Waals surface area contributed by atoms with Crippen molar-refractivity contribution in [2.75, 3.05) is 26.3 Å². The Balaban J connectivity index is 1.57. The quantitative estimate of drug-likeness (QED) is 0.529. The first-order chi connectivity index (χ1) is 12.5. The lowest BCUT2D eigenvalue weighted by molar-refractivity contribution is 0.0452. The second-order valence-corrected chi connectivity index (χ2v) is 8.49. The molecule has 1 saturated heterocycles. The highest BCUT2D eigenvalue weighted by Crippen LogP contribution is 2.28. The van der Waals surface area contributed by atoms with Crippen LogP contribution >= 0.6 is 11.3 Å². The number of sulfonamides is 1. The van der Waals surface area contributed by atoms with Gasteiger partial charge in [0.15, 0.2) is 0 Å². The average molecular weight is 399 g/mol. The molecule has 0 saturated carbocycles. The van der Waals surface area contributed by atoms with E-state index in [0.29, 0.717) is 18.8 Å². The van der Waals surface area contributed by atoms with Crippen LogP contribution in [0.2, 0.25) is 0 Å². The fourth-order valence-electron chi connectivity index (χ4n) is 2.61. The largest absolute Gasteiger partial charge is 0.490 e. The van der Waals surface area contributed by atoms with E-state index < -0.39 is 16.0 Å². The number of hydrogen-bond donors (Lipinski definition) is 0. The smallest absolute Gasteiger partial charge is 0.349 e. The van der Waals surface area contributed by atoms with Crippen molar-refractivity contribution in [1.29, 1.82) is 0 Å². The lowest BCUT2D eigenvalue weighted by Crippen LogP contribution is -2.28. The Morgan fingerprint density at radius 2 is 1.81 bits per heavy atom.